The van der Waals surface area contributed by atoms with E-state index < -0.39 is 27.1 Å². The first-order valence-electron chi connectivity index (χ1n) is 4.49. The molecular formula is C10H12F2O2S. The zero-order valence-corrected chi connectivity index (χ0v) is 9.26. The highest BCUT2D eigenvalue weighted by Gasteiger charge is 2.28. The van der Waals surface area contributed by atoms with Crippen LogP contribution in [0.1, 0.15) is 13.8 Å². The van der Waals surface area contributed by atoms with Gasteiger partial charge in [0.1, 0.15) is 12.0 Å². The first-order valence-corrected chi connectivity index (χ1v) is 6.04. The molecule has 0 spiro atoms. The number of alkyl halides is 1. The van der Waals surface area contributed by atoms with E-state index in [-0.39, 0.29) is 4.90 Å². The second kappa shape index (κ2) is 4.26. The first-order chi connectivity index (χ1) is 6.85. The summed E-state index contributed by atoms with van der Waals surface area (Å²) < 4.78 is 48.9. The van der Waals surface area contributed by atoms with Gasteiger partial charge in [-0.05, 0) is 38.1 Å². The summed E-state index contributed by atoms with van der Waals surface area (Å²) in [6, 6.07) is 4.37. The van der Waals surface area contributed by atoms with Crippen molar-refractivity contribution in [3.63, 3.8) is 0 Å². The molecule has 0 N–H and O–H groups in total. The van der Waals surface area contributed by atoms with E-state index in [1.54, 1.807) is 0 Å². The summed E-state index contributed by atoms with van der Waals surface area (Å²) in [6.07, 6.45) is -1.46. The summed E-state index contributed by atoms with van der Waals surface area (Å²) >= 11 is 0. The molecule has 0 aromatic heterocycles. The van der Waals surface area contributed by atoms with Crippen molar-refractivity contribution in [3.05, 3.63) is 30.1 Å². The lowest BCUT2D eigenvalue weighted by Gasteiger charge is -2.13. The molecule has 0 radical (unpaired) electrons. The predicted molar refractivity (Wildman–Crippen MR) is 53.6 cm³/mol. The number of hydrogen-bond acceptors (Lipinski definition) is 2. The quantitative estimate of drug-likeness (QED) is 0.752. The normalized spacial score (nSPS) is 16.0. The van der Waals surface area contributed by atoms with Crippen molar-refractivity contribution in [1.29, 1.82) is 0 Å². The summed E-state index contributed by atoms with van der Waals surface area (Å²) in [5, 5.41) is -1.12. The van der Waals surface area contributed by atoms with Crippen LogP contribution >= 0.6 is 0 Å². The Morgan fingerprint density at radius 1 is 1.13 bits per heavy atom. The van der Waals surface area contributed by atoms with E-state index in [2.05, 4.69) is 0 Å². The highest BCUT2D eigenvalue weighted by Crippen LogP contribution is 2.19. The maximum absolute atomic E-state index is 12.9. The van der Waals surface area contributed by atoms with Gasteiger partial charge in [0, 0.05) is 0 Å². The van der Waals surface area contributed by atoms with E-state index in [0.717, 1.165) is 24.3 Å². The van der Waals surface area contributed by atoms with Gasteiger partial charge < -0.3 is 0 Å². The van der Waals surface area contributed by atoms with Gasteiger partial charge in [-0.25, -0.2) is 17.2 Å². The van der Waals surface area contributed by atoms with Gasteiger partial charge >= 0.3 is 0 Å². The smallest absolute Gasteiger partial charge is 0.183 e. The summed E-state index contributed by atoms with van der Waals surface area (Å²) in [5.74, 6) is -0.519. The Morgan fingerprint density at radius 3 is 2.00 bits per heavy atom. The number of halogens is 2. The molecule has 1 aromatic rings. The Labute approximate surface area is 87.8 Å². The second-order valence-electron chi connectivity index (χ2n) is 3.38. The van der Waals surface area contributed by atoms with Crippen molar-refractivity contribution in [2.45, 2.75) is 30.2 Å². The molecule has 1 rings (SSSR count). The molecule has 0 saturated carbocycles. The van der Waals surface area contributed by atoms with Gasteiger partial charge in [-0.3, -0.25) is 0 Å². The van der Waals surface area contributed by atoms with Crippen molar-refractivity contribution < 1.29 is 17.2 Å². The number of hydrogen-bond donors (Lipinski definition) is 0. The van der Waals surface area contributed by atoms with Crippen LogP contribution in [0.2, 0.25) is 0 Å². The van der Waals surface area contributed by atoms with Crippen molar-refractivity contribution in [2.24, 2.45) is 0 Å². The molecule has 1 aromatic carbocycles. The summed E-state index contributed by atoms with van der Waals surface area (Å²) in [5.41, 5.74) is 0. The summed E-state index contributed by atoms with van der Waals surface area (Å²) in [6.45, 7) is 2.48. The van der Waals surface area contributed by atoms with Crippen molar-refractivity contribution in [3.8, 4) is 0 Å². The topological polar surface area (TPSA) is 34.1 Å². The van der Waals surface area contributed by atoms with Gasteiger partial charge in [0.15, 0.2) is 9.84 Å². The van der Waals surface area contributed by atoms with Crippen LogP contribution < -0.4 is 0 Å². The Morgan fingerprint density at radius 2 is 1.60 bits per heavy atom. The second-order valence-corrected chi connectivity index (χ2v) is 5.69. The lowest BCUT2D eigenvalue weighted by atomic mass is 10.3. The minimum atomic E-state index is -3.70. The molecular weight excluding hydrogens is 222 g/mol. The molecule has 2 atom stereocenters. The molecule has 15 heavy (non-hydrogen) atoms. The molecule has 0 heterocycles. The average Bonchev–Trinajstić information content (AvgIpc) is 2.17. The van der Waals surface area contributed by atoms with Gasteiger partial charge in [0.05, 0.1) is 10.1 Å². The highest BCUT2D eigenvalue weighted by molar-refractivity contribution is 7.92. The Hall–Kier alpha value is -0.970. The summed E-state index contributed by atoms with van der Waals surface area (Å²) in [7, 11) is -3.70. The number of sulfone groups is 1. The third kappa shape index (κ3) is 2.53. The lowest BCUT2D eigenvalue weighted by molar-refractivity contribution is 0.351. The van der Waals surface area contributed by atoms with Crippen LogP contribution in [0.4, 0.5) is 8.78 Å². The lowest BCUT2D eigenvalue weighted by Crippen LogP contribution is -2.26. The SMILES string of the molecule is CC([C@H](C)F)S(=O)(=O)c1ccc(F)cc1. The highest BCUT2D eigenvalue weighted by atomic mass is 32.2. The molecule has 0 aliphatic rings. The molecule has 0 aliphatic heterocycles. The Kier molecular flexibility index (Phi) is 3.44. The van der Waals surface area contributed by atoms with Gasteiger partial charge in [0.2, 0.25) is 0 Å². The molecule has 0 amide bonds. The fourth-order valence-electron chi connectivity index (χ4n) is 1.09. The predicted octanol–water partition coefficient (Wildman–Crippen LogP) is 2.35. The third-order valence-electron chi connectivity index (χ3n) is 2.28. The van der Waals surface area contributed by atoms with Crippen LogP contribution in [0.5, 0.6) is 0 Å². The molecule has 2 nitrogen and oxygen atoms in total. The molecule has 0 bridgehead atoms. The van der Waals surface area contributed by atoms with Crippen LogP contribution in [0.25, 0.3) is 0 Å². The molecule has 5 heteroatoms. The van der Waals surface area contributed by atoms with E-state index in [9.17, 15) is 17.2 Å². The van der Waals surface area contributed by atoms with E-state index in [0.29, 0.717) is 0 Å². The first kappa shape index (κ1) is 12.1. The number of rotatable bonds is 3. The largest absolute Gasteiger partial charge is 0.246 e. The van der Waals surface area contributed by atoms with Crippen molar-refractivity contribution >= 4 is 9.84 Å². The minimum Gasteiger partial charge on any atom is -0.246 e. The van der Waals surface area contributed by atoms with E-state index in [1.807, 2.05) is 0 Å². The van der Waals surface area contributed by atoms with Crippen LogP contribution in [0.3, 0.4) is 0 Å². The zero-order valence-electron chi connectivity index (χ0n) is 8.44. The molecule has 0 fully saturated rings. The standard InChI is InChI=1S/C10H12F2O2S/c1-7(11)8(2)15(13,14)10-5-3-9(12)4-6-10/h3-8H,1-2H3/t7-,8?/m0/s1. The van der Waals surface area contributed by atoms with Crippen LogP contribution in [-0.4, -0.2) is 19.8 Å². The number of benzene rings is 1. The van der Waals surface area contributed by atoms with Crippen LogP contribution in [-0.2, 0) is 9.84 Å². The van der Waals surface area contributed by atoms with E-state index in [1.165, 1.54) is 13.8 Å². The minimum absolute atomic E-state index is 0.0547. The van der Waals surface area contributed by atoms with Gasteiger partial charge in [-0.15, -0.1) is 0 Å². The van der Waals surface area contributed by atoms with E-state index in [4.69, 9.17) is 0 Å². The zero-order chi connectivity index (χ0) is 11.6. The Bertz CT molecular complexity index is 423. The van der Waals surface area contributed by atoms with Crippen molar-refractivity contribution in [1.82, 2.24) is 0 Å². The van der Waals surface area contributed by atoms with E-state index >= 15 is 0 Å². The van der Waals surface area contributed by atoms with Crippen LogP contribution in [0.15, 0.2) is 29.2 Å². The van der Waals surface area contributed by atoms with Crippen molar-refractivity contribution in [2.75, 3.05) is 0 Å². The molecule has 0 aliphatic carbocycles. The fourth-order valence-corrected chi connectivity index (χ4v) is 2.52. The molecule has 1 unspecified atom stereocenters. The maximum atomic E-state index is 12.9. The van der Waals surface area contributed by atoms with Crippen LogP contribution in [0, 0.1) is 5.82 Å². The summed E-state index contributed by atoms with van der Waals surface area (Å²) in [4.78, 5) is -0.0547. The van der Waals surface area contributed by atoms with Gasteiger partial charge in [-0.2, -0.15) is 0 Å². The van der Waals surface area contributed by atoms with Gasteiger partial charge in [-0.1, -0.05) is 0 Å². The van der Waals surface area contributed by atoms with Gasteiger partial charge in [0.25, 0.3) is 0 Å². The third-order valence-corrected chi connectivity index (χ3v) is 4.56. The molecule has 0 saturated heterocycles. The Balaban J connectivity index is 3.12. The maximum Gasteiger partial charge on any atom is 0.183 e. The molecule has 84 valence electrons. The monoisotopic (exact) mass is 234 g/mol. The average molecular weight is 234 g/mol. The fraction of sp³-hybridized carbons (Fsp3) is 0.400.